The Bertz CT molecular complexity index is 1250. The summed E-state index contributed by atoms with van der Waals surface area (Å²) < 4.78 is 23.3. The summed E-state index contributed by atoms with van der Waals surface area (Å²) in [6.45, 7) is 3.69. The van der Waals surface area contributed by atoms with Crippen LogP contribution >= 0.6 is 11.8 Å². The lowest BCUT2D eigenvalue weighted by Crippen LogP contribution is -2.07. The molecule has 0 aliphatic rings. The van der Waals surface area contributed by atoms with Crippen LogP contribution in [0.4, 0.5) is 4.39 Å². The number of hydrogen-bond acceptors (Lipinski definition) is 5. The number of benzene rings is 2. The third-order valence-corrected chi connectivity index (χ3v) is 5.96. The van der Waals surface area contributed by atoms with E-state index in [1.54, 1.807) is 46.8 Å². The second-order valence-corrected chi connectivity index (χ2v) is 7.88. The van der Waals surface area contributed by atoms with Crippen LogP contribution in [0.5, 0.6) is 5.75 Å². The number of aryl methyl sites for hydroxylation is 1. The molecule has 2 aromatic heterocycles. The fourth-order valence-electron chi connectivity index (χ4n) is 3.57. The van der Waals surface area contributed by atoms with E-state index in [-0.39, 0.29) is 17.4 Å². The topological polar surface area (TPSA) is 61.9 Å². The minimum absolute atomic E-state index is 0.0599. The Labute approximate surface area is 183 Å². The molecule has 0 aliphatic heterocycles. The molecule has 2 aromatic carbocycles. The van der Waals surface area contributed by atoms with Gasteiger partial charge in [-0.15, -0.1) is 10.2 Å². The Balaban J connectivity index is 1.57. The molecule has 4 aromatic rings. The number of rotatable bonds is 7. The van der Waals surface area contributed by atoms with Gasteiger partial charge in [0, 0.05) is 17.0 Å². The van der Waals surface area contributed by atoms with E-state index >= 15 is 0 Å². The standard InChI is InChI=1S/C23H21FN4O2S/c1-15-12-17(16(2)28(15)19-9-5-4-8-18(19)24)21(29)13-31-23-26-25-14-27(23)20-10-6-7-11-22(20)30-3/h4-12,14H,13H2,1-3H3. The van der Waals surface area contributed by atoms with Crippen molar-refractivity contribution in [2.75, 3.05) is 12.9 Å². The molecule has 6 nitrogen and oxygen atoms in total. The highest BCUT2D eigenvalue weighted by Crippen LogP contribution is 2.28. The van der Waals surface area contributed by atoms with Gasteiger partial charge in [0.2, 0.25) is 0 Å². The maximum Gasteiger partial charge on any atom is 0.196 e. The first kappa shape index (κ1) is 20.9. The number of carbonyl (C=O) groups is 1. The maximum absolute atomic E-state index is 14.3. The molecule has 8 heteroatoms. The fraction of sp³-hybridized carbons (Fsp3) is 0.174. The highest BCUT2D eigenvalue weighted by molar-refractivity contribution is 7.99. The smallest absolute Gasteiger partial charge is 0.196 e. The predicted molar refractivity (Wildman–Crippen MR) is 118 cm³/mol. The molecule has 0 atom stereocenters. The van der Waals surface area contributed by atoms with Crippen LogP contribution in [-0.4, -0.2) is 38.0 Å². The highest BCUT2D eigenvalue weighted by atomic mass is 32.2. The summed E-state index contributed by atoms with van der Waals surface area (Å²) in [7, 11) is 1.60. The summed E-state index contributed by atoms with van der Waals surface area (Å²) in [5, 5.41) is 8.72. The first-order valence-electron chi connectivity index (χ1n) is 9.64. The molecular formula is C23H21FN4O2S. The number of methoxy groups -OCH3 is 1. The first-order valence-corrected chi connectivity index (χ1v) is 10.6. The number of carbonyl (C=O) groups excluding carboxylic acids is 1. The van der Waals surface area contributed by atoms with Crippen LogP contribution in [0, 0.1) is 19.7 Å². The van der Waals surface area contributed by atoms with Crippen LogP contribution in [0.15, 0.2) is 66.1 Å². The van der Waals surface area contributed by atoms with Crippen molar-refractivity contribution in [1.82, 2.24) is 19.3 Å². The summed E-state index contributed by atoms with van der Waals surface area (Å²) >= 11 is 1.29. The van der Waals surface area contributed by atoms with Crippen molar-refractivity contribution in [3.05, 3.63) is 83.7 Å². The molecular weight excluding hydrogens is 415 g/mol. The maximum atomic E-state index is 14.3. The number of halogens is 1. The molecule has 4 rings (SSSR count). The van der Waals surface area contributed by atoms with Gasteiger partial charge in [-0.1, -0.05) is 36.0 Å². The molecule has 0 bridgehead atoms. The van der Waals surface area contributed by atoms with Gasteiger partial charge in [0.05, 0.1) is 24.2 Å². The van der Waals surface area contributed by atoms with Crippen LogP contribution < -0.4 is 4.74 Å². The zero-order chi connectivity index (χ0) is 22.0. The van der Waals surface area contributed by atoms with Gasteiger partial charge in [0.1, 0.15) is 17.9 Å². The van der Waals surface area contributed by atoms with E-state index in [0.29, 0.717) is 27.9 Å². The number of ether oxygens (including phenoxy) is 1. The Morgan fingerprint density at radius 2 is 1.81 bits per heavy atom. The molecule has 0 N–H and O–H groups in total. The Hall–Kier alpha value is -3.39. The Kier molecular flexibility index (Phi) is 5.90. The molecule has 158 valence electrons. The molecule has 0 saturated heterocycles. The number of para-hydroxylation sites is 3. The van der Waals surface area contributed by atoms with Gasteiger partial charge in [-0.2, -0.15) is 0 Å². The second kappa shape index (κ2) is 8.77. The zero-order valence-electron chi connectivity index (χ0n) is 17.4. The fourth-order valence-corrected chi connectivity index (χ4v) is 4.38. The van der Waals surface area contributed by atoms with Crippen LogP contribution in [0.25, 0.3) is 11.4 Å². The minimum Gasteiger partial charge on any atom is -0.495 e. The van der Waals surface area contributed by atoms with Crippen molar-refractivity contribution >= 4 is 17.5 Å². The summed E-state index contributed by atoms with van der Waals surface area (Å²) in [4.78, 5) is 13.0. The van der Waals surface area contributed by atoms with Gasteiger partial charge in [-0.25, -0.2) is 4.39 Å². The van der Waals surface area contributed by atoms with E-state index in [2.05, 4.69) is 10.2 Å². The zero-order valence-corrected chi connectivity index (χ0v) is 18.2. The summed E-state index contributed by atoms with van der Waals surface area (Å²) in [5.41, 5.74) is 3.30. The van der Waals surface area contributed by atoms with Crippen molar-refractivity contribution < 1.29 is 13.9 Å². The predicted octanol–water partition coefficient (Wildman–Crippen LogP) is 4.80. The van der Waals surface area contributed by atoms with Crippen molar-refractivity contribution in [1.29, 1.82) is 0 Å². The van der Waals surface area contributed by atoms with Gasteiger partial charge in [0.15, 0.2) is 10.9 Å². The number of thioether (sulfide) groups is 1. The molecule has 2 heterocycles. The normalized spacial score (nSPS) is 11.0. The SMILES string of the molecule is COc1ccccc1-n1cnnc1SCC(=O)c1cc(C)n(-c2ccccc2F)c1C. The number of aromatic nitrogens is 4. The van der Waals surface area contributed by atoms with Crippen molar-refractivity contribution in [2.45, 2.75) is 19.0 Å². The van der Waals surface area contributed by atoms with E-state index in [1.165, 1.54) is 17.8 Å². The van der Waals surface area contributed by atoms with Gasteiger partial charge in [-0.05, 0) is 44.2 Å². The lowest BCUT2D eigenvalue weighted by molar-refractivity contribution is 0.102. The second-order valence-electron chi connectivity index (χ2n) is 6.94. The van der Waals surface area contributed by atoms with E-state index in [4.69, 9.17) is 4.74 Å². The molecule has 0 amide bonds. The summed E-state index contributed by atoms with van der Waals surface area (Å²) in [6.07, 6.45) is 1.59. The van der Waals surface area contributed by atoms with Crippen LogP contribution in [-0.2, 0) is 0 Å². The average molecular weight is 437 g/mol. The molecule has 0 saturated carbocycles. The molecule has 0 aliphatic carbocycles. The van der Waals surface area contributed by atoms with E-state index in [9.17, 15) is 9.18 Å². The molecule has 31 heavy (non-hydrogen) atoms. The summed E-state index contributed by atoms with van der Waals surface area (Å²) in [6, 6.07) is 15.9. The highest BCUT2D eigenvalue weighted by Gasteiger charge is 2.20. The third kappa shape index (κ3) is 3.98. The molecule has 0 fully saturated rings. The lowest BCUT2D eigenvalue weighted by Gasteiger charge is -2.11. The van der Waals surface area contributed by atoms with E-state index < -0.39 is 0 Å². The Morgan fingerprint density at radius 1 is 1.10 bits per heavy atom. The first-order chi connectivity index (χ1) is 15.0. The molecule has 0 unspecified atom stereocenters. The third-order valence-electron chi connectivity index (χ3n) is 5.02. The molecule has 0 radical (unpaired) electrons. The number of Topliss-reactive ketones (excluding diaryl/α,β-unsaturated/α-hetero) is 1. The Morgan fingerprint density at radius 3 is 2.55 bits per heavy atom. The van der Waals surface area contributed by atoms with Gasteiger partial charge in [-0.3, -0.25) is 9.36 Å². The van der Waals surface area contributed by atoms with Crippen LogP contribution in [0.1, 0.15) is 21.7 Å². The van der Waals surface area contributed by atoms with Gasteiger partial charge in [0.25, 0.3) is 0 Å². The van der Waals surface area contributed by atoms with E-state index in [1.807, 2.05) is 38.1 Å². The average Bonchev–Trinajstić information content (AvgIpc) is 3.36. The lowest BCUT2D eigenvalue weighted by atomic mass is 10.2. The summed E-state index contributed by atoms with van der Waals surface area (Å²) in [5.74, 6) is 0.469. The van der Waals surface area contributed by atoms with Crippen LogP contribution in [0.2, 0.25) is 0 Å². The largest absolute Gasteiger partial charge is 0.495 e. The van der Waals surface area contributed by atoms with Gasteiger partial charge >= 0.3 is 0 Å². The number of nitrogens with zero attached hydrogens (tertiary/aromatic N) is 4. The number of ketones is 1. The van der Waals surface area contributed by atoms with Crippen molar-refractivity contribution in [3.63, 3.8) is 0 Å². The van der Waals surface area contributed by atoms with E-state index in [0.717, 1.165) is 11.4 Å². The quantitative estimate of drug-likeness (QED) is 0.308. The van der Waals surface area contributed by atoms with Crippen molar-refractivity contribution in [2.24, 2.45) is 0 Å². The van der Waals surface area contributed by atoms with Crippen molar-refractivity contribution in [3.8, 4) is 17.1 Å². The van der Waals surface area contributed by atoms with Gasteiger partial charge < -0.3 is 9.30 Å². The monoisotopic (exact) mass is 436 g/mol. The van der Waals surface area contributed by atoms with Crippen LogP contribution in [0.3, 0.4) is 0 Å². The molecule has 0 spiro atoms. The number of hydrogen-bond donors (Lipinski definition) is 0. The minimum atomic E-state index is -0.331.